The highest BCUT2D eigenvalue weighted by Gasteiger charge is 2.31. The lowest BCUT2D eigenvalue weighted by Gasteiger charge is -2.17. The third-order valence-electron chi connectivity index (χ3n) is 2.77. The van der Waals surface area contributed by atoms with Gasteiger partial charge in [-0.25, -0.2) is 4.57 Å². The van der Waals surface area contributed by atoms with E-state index in [-0.39, 0.29) is 25.0 Å². The molecule has 0 aromatic rings. The lowest BCUT2D eigenvalue weighted by molar-refractivity contribution is 0.144. The van der Waals surface area contributed by atoms with Crippen molar-refractivity contribution < 1.29 is 18.1 Å². The van der Waals surface area contributed by atoms with Crippen LogP contribution in [0.15, 0.2) is 11.8 Å². The van der Waals surface area contributed by atoms with Gasteiger partial charge in [-0.2, -0.15) is 5.26 Å². The summed E-state index contributed by atoms with van der Waals surface area (Å²) in [5.41, 5.74) is 0. The van der Waals surface area contributed by atoms with Gasteiger partial charge in [0.15, 0.2) is 0 Å². The van der Waals surface area contributed by atoms with E-state index in [2.05, 4.69) is 6.07 Å². The number of allylic oxidation sites excluding steroid dienone is 2. The molecule has 0 N–H and O–H groups in total. The molecule has 18 heavy (non-hydrogen) atoms. The fraction of sp³-hybridized carbons (Fsp3) is 0.750. The van der Waals surface area contributed by atoms with E-state index < -0.39 is 7.82 Å². The van der Waals surface area contributed by atoms with Crippen LogP contribution < -0.4 is 0 Å². The van der Waals surface area contributed by atoms with Crippen molar-refractivity contribution in [1.29, 1.82) is 5.26 Å². The molecule has 1 rings (SSSR count). The minimum atomic E-state index is -3.48. The van der Waals surface area contributed by atoms with Crippen LogP contribution in [0, 0.1) is 23.2 Å². The molecule has 0 spiro atoms. The van der Waals surface area contributed by atoms with Crippen molar-refractivity contribution in [2.24, 2.45) is 11.8 Å². The first-order valence-electron chi connectivity index (χ1n) is 6.23. The molecule has 0 saturated carbocycles. The Kier molecular flexibility index (Phi) is 5.87. The van der Waals surface area contributed by atoms with E-state index in [4.69, 9.17) is 18.8 Å². The van der Waals surface area contributed by atoms with Crippen LogP contribution in [0.2, 0.25) is 0 Å². The topological polar surface area (TPSA) is 68.6 Å². The van der Waals surface area contributed by atoms with Crippen LogP contribution in [-0.4, -0.2) is 13.2 Å². The maximum atomic E-state index is 12.1. The van der Waals surface area contributed by atoms with E-state index in [1.165, 1.54) is 0 Å². The maximum Gasteiger partial charge on any atom is 0.529 e. The second-order valence-electron chi connectivity index (χ2n) is 4.13. The molecule has 0 unspecified atom stereocenters. The number of hydrogen-bond acceptors (Lipinski definition) is 5. The van der Waals surface area contributed by atoms with E-state index >= 15 is 0 Å². The summed E-state index contributed by atoms with van der Waals surface area (Å²) in [6.45, 7) is 5.87. The molecule has 0 amide bonds. The lowest BCUT2D eigenvalue weighted by atomic mass is 9.95. The van der Waals surface area contributed by atoms with Gasteiger partial charge in [0.05, 0.1) is 19.3 Å². The Morgan fingerprint density at radius 1 is 1.50 bits per heavy atom. The van der Waals surface area contributed by atoms with E-state index in [1.54, 1.807) is 13.8 Å². The normalized spacial score (nSPS) is 21.2. The number of nitrogens with zero attached hydrogens (tertiary/aromatic N) is 1. The van der Waals surface area contributed by atoms with Crippen molar-refractivity contribution in [2.45, 2.75) is 33.6 Å². The zero-order valence-corrected chi connectivity index (χ0v) is 12.0. The number of phosphoric ester groups is 1. The third-order valence-corrected chi connectivity index (χ3v) is 4.38. The number of nitriles is 1. The SMILES string of the molecule is CCOP(=O)(OCC)OC1=C[C@H]([C@@H](C)C#N)CC1. The molecule has 0 saturated heterocycles. The van der Waals surface area contributed by atoms with Crippen LogP contribution in [0.25, 0.3) is 0 Å². The van der Waals surface area contributed by atoms with Crippen molar-refractivity contribution in [3.05, 3.63) is 11.8 Å². The Bertz CT molecular complexity index is 378. The molecule has 0 aliphatic heterocycles. The van der Waals surface area contributed by atoms with Crippen molar-refractivity contribution in [2.75, 3.05) is 13.2 Å². The smallest absolute Gasteiger partial charge is 0.409 e. The van der Waals surface area contributed by atoms with Gasteiger partial charge < -0.3 is 4.52 Å². The second kappa shape index (κ2) is 6.94. The van der Waals surface area contributed by atoms with Gasteiger partial charge in [0.1, 0.15) is 5.76 Å². The van der Waals surface area contributed by atoms with Crippen molar-refractivity contribution in [3.8, 4) is 6.07 Å². The van der Waals surface area contributed by atoms with Crippen LogP contribution in [0.5, 0.6) is 0 Å². The van der Waals surface area contributed by atoms with Crippen LogP contribution in [0.1, 0.15) is 33.6 Å². The molecule has 6 heteroatoms. The first-order valence-corrected chi connectivity index (χ1v) is 7.69. The minimum Gasteiger partial charge on any atom is -0.409 e. The fourth-order valence-corrected chi connectivity index (χ4v) is 3.08. The van der Waals surface area contributed by atoms with E-state index in [0.29, 0.717) is 12.2 Å². The predicted molar refractivity (Wildman–Crippen MR) is 67.5 cm³/mol. The average molecular weight is 273 g/mol. The summed E-state index contributed by atoms with van der Waals surface area (Å²) in [5, 5.41) is 8.86. The Balaban J connectivity index is 2.66. The molecule has 5 nitrogen and oxygen atoms in total. The van der Waals surface area contributed by atoms with Crippen LogP contribution in [0.4, 0.5) is 0 Å². The molecule has 0 fully saturated rings. The largest absolute Gasteiger partial charge is 0.529 e. The molecule has 0 bridgehead atoms. The Labute approximate surface area is 108 Å². The molecule has 1 aliphatic rings. The summed E-state index contributed by atoms with van der Waals surface area (Å²) in [4.78, 5) is 0. The van der Waals surface area contributed by atoms with Gasteiger partial charge in [0.25, 0.3) is 0 Å². The molecule has 0 aromatic heterocycles. The second-order valence-corrected chi connectivity index (χ2v) is 5.72. The van der Waals surface area contributed by atoms with E-state index in [1.807, 2.05) is 13.0 Å². The molecule has 102 valence electrons. The monoisotopic (exact) mass is 273 g/mol. The van der Waals surface area contributed by atoms with Crippen LogP contribution in [0.3, 0.4) is 0 Å². The number of rotatable bonds is 7. The molecule has 2 atom stereocenters. The summed E-state index contributed by atoms with van der Waals surface area (Å²) in [5.74, 6) is 0.693. The molecular formula is C12H20NO4P. The van der Waals surface area contributed by atoms with Gasteiger partial charge in [-0.1, -0.05) is 0 Å². The predicted octanol–water partition coefficient (Wildman–Crippen LogP) is 3.64. The quantitative estimate of drug-likeness (QED) is 0.662. The van der Waals surface area contributed by atoms with Gasteiger partial charge in [0.2, 0.25) is 0 Å². The summed E-state index contributed by atoms with van der Waals surface area (Å²) in [6, 6.07) is 2.21. The lowest BCUT2D eigenvalue weighted by Crippen LogP contribution is -2.02. The molecule has 0 aromatic carbocycles. The van der Waals surface area contributed by atoms with E-state index in [9.17, 15) is 4.57 Å². The number of hydrogen-bond donors (Lipinski definition) is 0. The van der Waals surface area contributed by atoms with Gasteiger partial charge in [-0.05, 0) is 39.2 Å². The molecule has 0 radical (unpaired) electrons. The average Bonchev–Trinajstić information content (AvgIpc) is 2.76. The Morgan fingerprint density at radius 3 is 2.61 bits per heavy atom. The summed E-state index contributed by atoms with van der Waals surface area (Å²) in [7, 11) is -3.48. The minimum absolute atomic E-state index is 0.0651. The van der Waals surface area contributed by atoms with Crippen molar-refractivity contribution >= 4 is 7.82 Å². The van der Waals surface area contributed by atoms with Gasteiger partial charge >= 0.3 is 7.82 Å². The number of phosphoric acid groups is 1. The third kappa shape index (κ3) is 4.13. The van der Waals surface area contributed by atoms with Gasteiger partial charge in [0, 0.05) is 12.3 Å². The molecule has 0 heterocycles. The Hall–Kier alpha value is -0.820. The van der Waals surface area contributed by atoms with Crippen molar-refractivity contribution in [1.82, 2.24) is 0 Å². The zero-order chi connectivity index (χ0) is 13.6. The van der Waals surface area contributed by atoms with E-state index in [0.717, 1.165) is 6.42 Å². The van der Waals surface area contributed by atoms with Crippen LogP contribution >= 0.6 is 7.82 Å². The highest BCUT2D eigenvalue weighted by Crippen LogP contribution is 2.53. The first-order chi connectivity index (χ1) is 8.54. The maximum absolute atomic E-state index is 12.1. The highest BCUT2D eigenvalue weighted by atomic mass is 31.2. The zero-order valence-electron chi connectivity index (χ0n) is 11.1. The molecular weight excluding hydrogens is 253 g/mol. The fourth-order valence-electron chi connectivity index (χ4n) is 1.83. The Morgan fingerprint density at radius 2 is 2.11 bits per heavy atom. The molecule has 1 aliphatic carbocycles. The van der Waals surface area contributed by atoms with Gasteiger partial charge in [-0.3, -0.25) is 9.05 Å². The summed E-state index contributed by atoms with van der Waals surface area (Å²) < 4.78 is 27.6. The highest BCUT2D eigenvalue weighted by molar-refractivity contribution is 7.48. The standard InChI is InChI=1S/C12H20NO4P/c1-4-15-18(14,16-5-2)17-12-7-6-11(8-12)10(3)9-13/h8,10-11H,4-7H2,1-3H3/t10-,11+/m0/s1. The summed E-state index contributed by atoms with van der Waals surface area (Å²) in [6.07, 6.45) is 3.36. The van der Waals surface area contributed by atoms with Gasteiger partial charge in [-0.15, -0.1) is 0 Å². The van der Waals surface area contributed by atoms with Crippen molar-refractivity contribution in [3.63, 3.8) is 0 Å². The summed E-state index contributed by atoms with van der Waals surface area (Å²) >= 11 is 0. The first kappa shape index (κ1) is 15.2. The van der Waals surface area contributed by atoms with Crippen LogP contribution in [-0.2, 0) is 18.1 Å².